The van der Waals surface area contributed by atoms with E-state index < -0.39 is 0 Å². The van der Waals surface area contributed by atoms with Crippen LogP contribution in [0.3, 0.4) is 0 Å². The number of allylic oxidation sites excluding steroid dienone is 1. The molecule has 1 aliphatic heterocycles. The van der Waals surface area contributed by atoms with E-state index in [1.54, 1.807) is 11.8 Å². The quantitative estimate of drug-likeness (QED) is 0.615. The Kier molecular flexibility index (Phi) is 3.41. The van der Waals surface area contributed by atoms with E-state index in [1.807, 2.05) is 26.0 Å². The van der Waals surface area contributed by atoms with Crippen LogP contribution in [-0.2, 0) is 9.53 Å². The van der Waals surface area contributed by atoms with E-state index in [0.717, 1.165) is 10.7 Å². The second-order valence-corrected chi connectivity index (χ2v) is 3.64. The molecule has 0 aromatic carbocycles. The number of carbonyl (C=O) groups excluding carboxylic acids is 1. The first-order chi connectivity index (χ1) is 5.75. The van der Waals surface area contributed by atoms with Crippen LogP contribution in [0.5, 0.6) is 0 Å². The van der Waals surface area contributed by atoms with Crippen molar-refractivity contribution in [2.45, 2.75) is 13.8 Å². The summed E-state index contributed by atoms with van der Waals surface area (Å²) in [6.07, 6.45) is 3.81. The Hall–Kier alpha value is -0.700. The standard InChI is InChI=1S/C9H12O2S/c1-3-11-9(10)8-5-4-6-12-7(8)2/h4-5H,3,6H2,1-2H3. The number of carbonyl (C=O) groups is 1. The summed E-state index contributed by atoms with van der Waals surface area (Å²) in [6, 6.07) is 0. The van der Waals surface area contributed by atoms with Crippen molar-refractivity contribution in [2.24, 2.45) is 0 Å². The summed E-state index contributed by atoms with van der Waals surface area (Å²) < 4.78 is 4.89. The lowest BCUT2D eigenvalue weighted by molar-refractivity contribution is -0.138. The van der Waals surface area contributed by atoms with Crippen molar-refractivity contribution in [1.29, 1.82) is 0 Å². The molecule has 0 fully saturated rings. The van der Waals surface area contributed by atoms with Gasteiger partial charge in [-0.1, -0.05) is 12.2 Å². The van der Waals surface area contributed by atoms with Gasteiger partial charge in [-0.05, 0) is 18.8 Å². The fourth-order valence-electron chi connectivity index (χ4n) is 0.955. The fraction of sp³-hybridized carbons (Fsp3) is 0.444. The largest absolute Gasteiger partial charge is 0.462 e. The van der Waals surface area contributed by atoms with E-state index in [1.165, 1.54) is 0 Å². The van der Waals surface area contributed by atoms with Crippen LogP contribution in [0.15, 0.2) is 22.6 Å². The van der Waals surface area contributed by atoms with Gasteiger partial charge in [0.2, 0.25) is 0 Å². The monoisotopic (exact) mass is 184 g/mol. The summed E-state index contributed by atoms with van der Waals surface area (Å²) in [7, 11) is 0. The number of thioether (sulfide) groups is 1. The third-order valence-electron chi connectivity index (χ3n) is 1.56. The van der Waals surface area contributed by atoms with Crippen molar-refractivity contribution in [1.82, 2.24) is 0 Å². The zero-order valence-corrected chi connectivity index (χ0v) is 8.11. The fourth-order valence-corrected chi connectivity index (χ4v) is 1.70. The first-order valence-corrected chi connectivity index (χ1v) is 4.91. The summed E-state index contributed by atoms with van der Waals surface area (Å²) >= 11 is 1.67. The van der Waals surface area contributed by atoms with Crippen LogP contribution < -0.4 is 0 Å². The Morgan fingerprint density at radius 1 is 1.75 bits per heavy atom. The lowest BCUT2D eigenvalue weighted by atomic mass is 10.2. The van der Waals surface area contributed by atoms with E-state index in [9.17, 15) is 4.79 Å². The van der Waals surface area contributed by atoms with Crippen LogP contribution in [-0.4, -0.2) is 18.3 Å². The predicted octanol–water partition coefficient (Wildman–Crippen LogP) is 2.13. The Labute approximate surface area is 76.7 Å². The number of rotatable bonds is 2. The molecule has 1 heterocycles. The maximum Gasteiger partial charge on any atom is 0.338 e. The lowest BCUT2D eigenvalue weighted by Crippen LogP contribution is -2.08. The van der Waals surface area contributed by atoms with Gasteiger partial charge in [0.1, 0.15) is 0 Å². The molecule has 0 atom stereocenters. The van der Waals surface area contributed by atoms with E-state index in [0.29, 0.717) is 12.2 Å². The smallest absolute Gasteiger partial charge is 0.338 e. The second kappa shape index (κ2) is 4.36. The molecule has 12 heavy (non-hydrogen) atoms. The van der Waals surface area contributed by atoms with Crippen molar-refractivity contribution in [3.63, 3.8) is 0 Å². The third-order valence-corrected chi connectivity index (χ3v) is 2.57. The lowest BCUT2D eigenvalue weighted by Gasteiger charge is -2.10. The van der Waals surface area contributed by atoms with Gasteiger partial charge in [-0.2, -0.15) is 0 Å². The van der Waals surface area contributed by atoms with Gasteiger partial charge in [-0.25, -0.2) is 4.79 Å². The normalized spacial score (nSPS) is 16.5. The van der Waals surface area contributed by atoms with E-state index in [4.69, 9.17) is 4.74 Å². The van der Waals surface area contributed by atoms with Crippen molar-refractivity contribution >= 4 is 17.7 Å². The van der Waals surface area contributed by atoms with Gasteiger partial charge in [0.05, 0.1) is 12.2 Å². The van der Waals surface area contributed by atoms with Gasteiger partial charge in [-0.3, -0.25) is 0 Å². The van der Waals surface area contributed by atoms with Gasteiger partial charge in [0.25, 0.3) is 0 Å². The molecule has 0 aliphatic carbocycles. The molecule has 0 unspecified atom stereocenters. The zero-order chi connectivity index (χ0) is 8.97. The number of ether oxygens (including phenoxy) is 1. The molecule has 0 spiro atoms. The molecular formula is C9H12O2S. The minimum Gasteiger partial charge on any atom is -0.462 e. The van der Waals surface area contributed by atoms with Gasteiger partial charge in [0, 0.05) is 5.75 Å². The van der Waals surface area contributed by atoms with E-state index in [-0.39, 0.29) is 5.97 Å². The third kappa shape index (κ3) is 2.14. The zero-order valence-electron chi connectivity index (χ0n) is 7.29. The Balaban J connectivity index is 2.72. The van der Waals surface area contributed by atoms with E-state index in [2.05, 4.69) is 0 Å². The highest BCUT2D eigenvalue weighted by atomic mass is 32.2. The Morgan fingerprint density at radius 2 is 2.50 bits per heavy atom. The minimum absolute atomic E-state index is 0.210. The number of esters is 1. The SMILES string of the molecule is CCOC(=O)C1=C(C)SCC=C1. The highest BCUT2D eigenvalue weighted by Crippen LogP contribution is 2.25. The summed E-state index contributed by atoms with van der Waals surface area (Å²) in [5.74, 6) is 0.743. The van der Waals surface area contributed by atoms with Crippen LogP contribution in [0.2, 0.25) is 0 Å². The molecule has 0 aromatic heterocycles. The topological polar surface area (TPSA) is 26.3 Å². The van der Waals surface area contributed by atoms with Crippen LogP contribution in [0.25, 0.3) is 0 Å². The van der Waals surface area contributed by atoms with Gasteiger partial charge in [0.15, 0.2) is 0 Å². The first kappa shape index (κ1) is 9.39. The molecule has 0 radical (unpaired) electrons. The van der Waals surface area contributed by atoms with Crippen LogP contribution in [0, 0.1) is 0 Å². The molecule has 0 N–H and O–H groups in total. The average molecular weight is 184 g/mol. The molecule has 1 rings (SSSR count). The van der Waals surface area contributed by atoms with Gasteiger partial charge >= 0.3 is 5.97 Å². The minimum atomic E-state index is -0.210. The first-order valence-electron chi connectivity index (χ1n) is 3.93. The number of hydrogen-bond acceptors (Lipinski definition) is 3. The molecule has 0 aromatic rings. The molecule has 2 nitrogen and oxygen atoms in total. The maximum absolute atomic E-state index is 11.3. The highest BCUT2D eigenvalue weighted by molar-refractivity contribution is 8.03. The summed E-state index contributed by atoms with van der Waals surface area (Å²) in [5, 5.41) is 0. The van der Waals surface area contributed by atoms with Crippen molar-refractivity contribution in [3.8, 4) is 0 Å². The van der Waals surface area contributed by atoms with Crippen molar-refractivity contribution < 1.29 is 9.53 Å². The molecular weight excluding hydrogens is 172 g/mol. The molecule has 66 valence electrons. The van der Waals surface area contributed by atoms with E-state index >= 15 is 0 Å². The molecule has 3 heteroatoms. The van der Waals surface area contributed by atoms with Gasteiger partial charge < -0.3 is 4.74 Å². The molecule has 0 amide bonds. The number of hydrogen-bond donors (Lipinski definition) is 0. The summed E-state index contributed by atoms with van der Waals surface area (Å²) in [5.41, 5.74) is 0.702. The van der Waals surface area contributed by atoms with Crippen LogP contribution >= 0.6 is 11.8 Å². The van der Waals surface area contributed by atoms with Crippen LogP contribution in [0.4, 0.5) is 0 Å². The predicted molar refractivity (Wildman–Crippen MR) is 50.9 cm³/mol. The average Bonchev–Trinajstić information content (AvgIpc) is 2.05. The molecule has 1 aliphatic rings. The maximum atomic E-state index is 11.3. The molecule has 0 saturated heterocycles. The van der Waals surface area contributed by atoms with Crippen molar-refractivity contribution in [2.75, 3.05) is 12.4 Å². The van der Waals surface area contributed by atoms with Crippen LogP contribution in [0.1, 0.15) is 13.8 Å². The summed E-state index contributed by atoms with van der Waals surface area (Å²) in [4.78, 5) is 12.3. The molecule has 0 bridgehead atoms. The highest BCUT2D eigenvalue weighted by Gasteiger charge is 2.13. The molecule has 0 saturated carbocycles. The van der Waals surface area contributed by atoms with Crippen molar-refractivity contribution in [3.05, 3.63) is 22.6 Å². The Bertz CT molecular complexity index is 241. The summed E-state index contributed by atoms with van der Waals surface area (Å²) in [6.45, 7) is 4.20. The Morgan fingerprint density at radius 3 is 3.08 bits per heavy atom. The second-order valence-electron chi connectivity index (χ2n) is 2.40. The van der Waals surface area contributed by atoms with Gasteiger partial charge in [-0.15, -0.1) is 11.8 Å².